The van der Waals surface area contributed by atoms with Crippen molar-refractivity contribution in [2.75, 3.05) is 52.9 Å². The molecule has 10 heteroatoms. The summed E-state index contributed by atoms with van der Waals surface area (Å²) in [4.78, 5) is 21.3. The highest BCUT2D eigenvalue weighted by atomic mass is 35.5. The number of hydrogen-bond acceptors (Lipinski definition) is 7. The van der Waals surface area contributed by atoms with Crippen molar-refractivity contribution in [3.05, 3.63) is 41.4 Å². The Bertz CT molecular complexity index is 1010. The molecule has 0 saturated heterocycles. The van der Waals surface area contributed by atoms with E-state index in [0.717, 1.165) is 10.4 Å². The van der Waals surface area contributed by atoms with Crippen LogP contribution < -0.4 is 19.1 Å². The number of thiazole rings is 1. The number of carbonyl (C=O) groups excluding carboxylic acids is 1. The van der Waals surface area contributed by atoms with Crippen molar-refractivity contribution >= 4 is 56.6 Å². The van der Waals surface area contributed by atoms with Gasteiger partial charge in [0.1, 0.15) is 22.8 Å². The van der Waals surface area contributed by atoms with Gasteiger partial charge in [0.15, 0.2) is 11.7 Å². The normalized spacial score (nSPS) is 10.6. The molecule has 2 aromatic carbocycles. The van der Waals surface area contributed by atoms with Gasteiger partial charge in [-0.2, -0.15) is 0 Å². The van der Waals surface area contributed by atoms with Crippen LogP contribution in [0.25, 0.3) is 10.2 Å². The Morgan fingerprint density at radius 2 is 1.71 bits per heavy atom. The van der Waals surface area contributed by atoms with E-state index in [4.69, 9.17) is 25.8 Å². The van der Waals surface area contributed by atoms with Crippen molar-refractivity contribution in [1.82, 2.24) is 9.88 Å². The molecule has 0 N–H and O–H groups in total. The minimum atomic E-state index is -0.193. The molecule has 0 saturated carbocycles. The number of nitrogens with zero attached hydrogens (tertiary/aromatic N) is 3. The molecule has 0 aliphatic carbocycles. The van der Waals surface area contributed by atoms with Crippen molar-refractivity contribution in [2.24, 2.45) is 0 Å². The molecule has 1 amide bonds. The number of halogens is 2. The van der Waals surface area contributed by atoms with Gasteiger partial charge in [0, 0.05) is 13.1 Å². The van der Waals surface area contributed by atoms with Gasteiger partial charge in [-0.1, -0.05) is 22.9 Å². The average Bonchev–Trinajstić information content (AvgIpc) is 3.19. The van der Waals surface area contributed by atoms with Gasteiger partial charge in [-0.05, 0) is 50.5 Å². The molecule has 0 unspecified atom stereocenters. The maximum atomic E-state index is 13.0. The predicted molar refractivity (Wildman–Crippen MR) is 128 cm³/mol. The van der Waals surface area contributed by atoms with Crippen molar-refractivity contribution < 1.29 is 19.0 Å². The van der Waals surface area contributed by atoms with Crippen LogP contribution in [0.15, 0.2) is 36.4 Å². The number of likely N-dealkylation sites (N-methyl/N-ethyl adjacent to an activating group) is 1. The maximum absolute atomic E-state index is 13.0. The van der Waals surface area contributed by atoms with Crippen molar-refractivity contribution in [1.29, 1.82) is 0 Å². The Morgan fingerprint density at radius 3 is 2.32 bits per heavy atom. The lowest BCUT2D eigenvalue weighted by atomic mass is 10.3. The second-order valence-corrected chi connectivity index (χ2v) is 8.12. The highest BCUT2D eigenvalue weighted by Gasteiger charge is 2.22. The molecule has 1 heterocycles. The molecule has 0 aliphatic heterocycles. The highest BCUT2D eigenvalue weighted by molar-refractivity contribution is 7.23. The van der Waals surface area contributed by atoms with E-state index in [-0.39, 0.29) is 24.9 Å². The van der Waals surface area contributed by atoms with Crippen LogP contribution in [0.2, 0.25) is 5.02 Å². The third-order valence-electron chi connectivity index (χ3n) is 4.39. The summed E-state index contributed by atoms with van der Waals surface area (Å²) in [7, 11) is 7.09. The first kappa shape index (κ1) is 25.0. The van der Waals surface area contributed by atoms with Gasteiger partial charge in [0.25, 0.3) is 5.91 Å². The number of aromatic nitrogens is 1. The largest absolute Gasteiger partial charge is 0.497 e. The van der Waals surface area contributed by atoms with E-state index in [0.29, 0.717) is 40.3 Å². The first-order chi connectivity index (χ1) is 14.4. The summed E-state index contributed by atoms with van der Waals surface area (Å²) in [6.45, 7) is 1.03. The molecule has 0 bridgehead atoms. The third-order valence-corrected chi connectivity index (χ3v) is 5.93. The van der Waals surface area contributed by atoms with E-state index >= 15 is 0 Å². The summed E-state index contributed by atoms with van der Waals surface area (Å²) in [5, 5.41) is 1.13. The van der Waals surface area contributed by atoms with Gasteiger partial charge >= 0.3 is 0 Å². The monoisotopic (exact) mass is 485 g/mol. The number of ether oxygens (including phenoxy) is 3. The number of methoxy groups -OCH3 is 2. The lowest BCUT2D eigenvalue weighted by molar-refractivity contribution is -0.120. The lowest BCUT2D eigenvalue weighted by Crippen LogP contribution is -2.39. The number of amides is 1. The zero-order valence-corrected chi connectivity index (χ0v) is 20.1. The number of fused-ring (bicyclic) bond motifs is 1. The minimum absolute atomic E-state index is 0. The Morgan fingerprint density at radius 1 is 1.03 bits per heavy atom. The molecule has 168 valence electrons. The molecule has 0 spiro atoms. The molecule has 7 nitrogen and oxygen atoms in total. The smallest absolute Gasteiger partial charge is 0.266 e. The molecule has 1 aromatic heterocycles. The Labute approximate surface area is 196 Å². The van der Waals surface area contributed by atoms with E-state index in [2.05, 4.69) is 4.98 Å². The highest BCUT2D eigenvalue weighted by Crippen LogP contribution is 2.38. The van der Waals surface area contributed by atoms with E-state index in [1.165, 1.54) is 11.3 Å². The van der Waals surface area contributed by atoms with Crippen LogP contribution in [-0.2, 0) is 4.79 Å². The number of benzene rings is 2. The van der Waals surface area contributed by atoms with Gasteiger partial charge in [-0.3, -0.25) is 9.69 Å². The van der Waals surface area contributed by atoms with Crippen LogP contribution in [0, 0.1) is 0 Å². The van der Waals surface area contributed by atoms with Crippen molar-refractivity contribution in [2.45, 2.75) is 0 Å². The maximum Gasteiger partial charge on any atom is 0.266 e. The molecular weight excluding hydrogens is 461 g/mol. The molecule has 0 radical (unpaired) electrons. The number of hydrogen-bond donors (Lipinski definition) is 0. The van der Waals surface area contributed by atoms with Crippen LogP contribution >= 0.6 is 35.3 Å². The lowest BCUT2D eigenvalue weighted by Gasteiger charge is -2.22. The van der Waals surface area contributed by atoms with Gasteiger partial charge in [0.05, 0.1) is 23.9 Å². The zero-order valence-electron chi connectivity index (χ0n) is 17.8. The van der Waals surface area contributed by atoms with Crippen LogP contribution in [0.4, 0.5) is 5.13 Å². The van der Waals surface area contributed by atoms with Crippen LogP contribution in [0.1, 0.15) is 0 Å². The second kappa shape index (κ2) is 11.4. The molecule has 3 aromatic rings. The molecule has 0 aliphatic rings. The fourth-order valence-electron chi connectivity index (χ4n) is 2.74. The Kier molecular flexibility index (Phi) is 9.18. The van der Waals surface area contributed by atoms with Gasteiger partial charge in [-0.25, -0.2) is 4.98 Å². The second-order valence-electron chi connectivity index (χ2n) is 6.74. The first-order valence-corrected chi connectivity index (χ1v) is 10.5. The molecule has 0 fully saturated rings. The molecule has 3 rings (SSSR count). The Hall–Kier alpha value is -2.26. The summed E-state index contributed by atoms with van der Waals surface area (Å²) in [5.74, 6) is 1.74. The van der Waals surface area contributed by atoms with Crippen molar-refractivity contribution in [3.63, 3.8) is 0 Å². The molecule has 31 heavy (non-hydrogen) atoms. The number of anilines is 1. The quantitative estimate of drug-likeness (QED) is 0.448. The average molecular weight is 486 g/mol. The third kappa shape index (κ3) is 6.13. The van der Waals surface area contributed by atoms with Gasteiger partial charge < -0.3 is 19.1 Å². The molecule has 0 atom stereocenters. The summed E-state index contributed by atoms with van der Waals surface area (Å²) in [6.07, 6.45) is 0. The van der Waals surface area contributed by atoms with Crippen molar-refractivity contribution in [3.8, 4) is 17.2 Å². The van der Waals surface area contributed by atoms with E-state index in [1.54, 1.807) is 55.5 Å². The first-order valence-electron chi connectivity index (χ1n) is 9.28. The minimum Gasteiger partial charge on any atom is -0.497 e. The van der Waals surface area contributed by atoms with Gasteiger partial charge in [-0.15, -0.1) is 12.4 Å². The van der Waals surface area contributed by atoms with Crippen LogP contribution in [0.5, 0.6) is 17.2 Å². The summed E-state index contributed by atoms with van der Waals surface area (Å²) >= 11 is 7.70. The topological polar surface area (TPSA) is 64.1 Å². The summed E-state index contributed by atoms with van der Waals surface area (Å²) in [6, 6.07) is 10.6. The fraction of sp³-hybridized carbons (Fsp3) is 0.333. The number of rotatable bonds is 9. The SMILES string of the molecule is COc1ccc(OCC(=O)N(CCN(C)C)c2nc3c(OC)ccc(Cl)c3s2)cc1.Cl. The fourth-order valence-corrected chi connectivity index (χ4v) is 4.04. The van der Waals surface area contributed by atoms with E-state index < -0.39 is 0 Å². The van der Waals surface area contributed by atoms with Crippen LogP contribution in [-0.4, -0.2) is 63.8 Å². The Balaban J connectivity index is 0.00000341. The van der Waals surface area contributed by atoms with E-state index in [9.17, 15) is 4.79 Å². The standard InChI is InChI=1S/C21H24ClN3O4S.ClH/c1-24(2)11-12-25(18(26)13-29-15-7-5-14(27-3)6-8-15)21-23-19-17(28-4)10-9-16(22)20(19)30-21;/h5-10H,11-13H2,1-4H3;1H. The summed E-state index contributed by atoms with van der Waals surface area (Å²) in [5.41, 5.74) is 0.642. The predicted octanol–water partition coefficient (Wildman–Crippen LogP) is 4.36. The zero-order chi connectivity index (χ0) is 21.7. The molecular formula is C21H25Cl2N3O4S. The number of carbonyl (C=O) groups is 1. The van der Waals surface area contributed by atoms with Crippen LogP contribution in [0.3, 0.4) is 0 Å². The summed E-state index contributed by atoms with van der Waals surface area (Å²) < 4.78 is 17.0. The van der Waals surface area contributed by atoms with E-state index in [1.807, 2.05) is 19.0 Å². The van der Waals surface area contributed by atoms with Gasteiger partial charge in [0.2, 0.25) is 0 Å².